The molecule has 31 heavy (non-hydrogen) atoms. The zero-order chi connectivity index (χ0) is 22.9. The smallest absolute Gasteiger partial charge is 0.261 e. The first kappa shape index (κ1) is 25.0. The van der Waals surface area contributed by atoms with E-state index >= 15 is 0 Å². The van der Waals surface area contributed by atoms with Gasteiger partial charge in [0.2, 0.25) is 0 Å². The summed E-state index contributed by atoms with van der Waals surface area (Å²) in [5.74, 6) is 0.417. The van der Waals surface area contributed by atoms with Gasteiger partial charge in [0.15, 0.2) is 0 Å². The van der Waals surface area contributed by atoms with Crippen molar-refractivity contribution in [3.63, 3.8) is 0 Å². The lowest BCUT2D eigenvalue weighted by molar-refractivity contribution is 0.0425. The number of hydrogen-bond donors (Lipinski definition) is 2. The lowest BCUT2D eigenvalue weighted by Gasteiger charge is -2.34. The maximum absolute atomic E-state index is 12.7. The van der Waals surface area contributed by atoms with Crippen LogP contribution >= 0.6 is 0 Å². The summed E-state index contributed by atoms with van der Waals surface area (Å²) in [5.41, 5.74) is 1.71. The van der Waals surface area contributed by atoms with Crippen LogP contribution < -0.4 is 0 Å². The molecular weight excluding hydrogens is 418 g/mol. The summed E-state index contributed by atoms with van der Waals surface area (Å²) in [6.07, 6.45) is 12.0. The summed E-state index contributed by atoms with van der Waals surface area (Å²) in [4.78, 5) is 18.7. The summed E-state index contributed by atoms with van der Waals surface area (Å²) in [6.45, 7) is 3.65. The number of piperidine rings is 1. The minimum Gasteiger partial charge on any atom is -0.393 e. The quantitative estimate of drug-likeness (QED) is 0.494. The van der Waals surface area contributed by atoms with Gasteiger partial charge in [0.1, 0.15) is 0 Å². The Hall–Kier alpha value is -2.23. The molecule has 2 aromatic rings. The van der Waals surface area contributed by atoms with Gasteiger partial charge in [0, 0.05) is 36.7 Å². The number of benzene rings is 1. The van der Waals surface area contributed by atoms with Crippen molar-refractivity contribution < 1.29 is 22.9 Å². The van der Waals surface area contributed by atoms with Crippen LogP contribution in [-0.2, 0) is 10.1 Å². The maximum atomic E-state index is 12.7. The first-order valence-electron chi connectivity index (χ1n) is 10.7. The fourth-order valence-corrected chi connectivity index (χ4v) is 3.70. The van der Waals surface area contributed by atoms with Crippen molar-refractivity contribution in [3.8, 4) is 5.69 Å². The van der Waals surface area contributed by atoms with Crippen molar-refractivity contribution in [3.05, 3.63) is 48.5 Å². The Balaban J connectivity index is 0.000000614. The Morgan fingerprint density at radius 1 is 1.19 bits per heavy atom. The number of imidazole rings is 1. The average Bonchev–Trinajstić information content (AvgIpc) is 3.27. The standard InChI is InChI=1S/C21H29N3O2.CH4O3S/c1-2-3-4-5-20(25)17-10-13-23(14-11-17)21(26)18-6-8-19(9-7-18)24-15-12-22-16-24;1-5(2,3)4/h6-9,12,15-17,20,25H,2-5,10-11,13-14H2,1H3;1H3,(H,2,3,4). The van der Waals surface area contributed by atoms with Crippen LogP contribution in [0, 0.1) is 5.92 Å². The Morgan fingerprint density at radius 2 is 1.81 bits per heavy atom. The number of aliphatic hydroxyl groups excluding tert-OH is 1. The molecule has 2 heterocycles. The highest BCUT2D eigenvalue weighted by Gasteiger charge is 2.27. The third-order valence-corrected chi connectivity index (χ3v) is 5.39. The lowest BCUT2D eigenvalue weighted by atomic mass is 9.88. The number of aliphatic hydroxyl groups is 1. The molecule has 0 radical (unpaired) electrons. The van der Waals surface area contributed by atoms with Gasteiger partial charge < -0.3 is 14.6 Å². The molecule has 3 rings (SSSR count). The van der Waals surface area contributed by atoms with E-state index < -0.39 is 10.1 Å². The van der Waals surface area contributed by atoms with E-state index in [0.717, 1.165) is 50.0 Å². The van der Waals surface area contributed by atoms with E-state index in [-0.39, 0.29) is 12.0 Å². The molecule has 1 aromatic carbocycles. The second kappa shape index (κ2) is 12.0. The molecule has 2 N–H and O–H groups in total. The number of rotatable bonds is 7. The third kappa shape index (κ3) is 8.80. The lowest BCUT2D eigenvalue weighted by Crippen LogP contribution is -2.41. The molecule has 0 saturated carbocycles. The van der Waals surface area contributed by atoms with Crippen molar-refractivity contribution in [2.45, 2.75) is 51.6 Å². The van der Waals surface area contributed by atoms with Crippen molar-refractivity contribution in [2.75, 3.05) is 19.3 Å². The van der Waals surface area contributed by atoms with E-state index in [9.17, 15) is 18.3 Å². The first-order chi connectivity index (χ1) is 14.7. The molecule has 0 bridgehead atoms. The van der Waals surface area contributed by atoms with Gasteiger partial charge in [-0.25, -0.2) is 4.98 Å². The van der Waals surface area contributed by atoms with E-state index in [2.05, 4.69) is 11.9 Å². The molecule has 1 aliphatic rings. The first-order valence-corrected chi connectivity index (χ1v) is 12.5. The number of unbranched alkanes of at least 4 members (excludes halogenated alkanes) is 2. The fraction of sp³-hybridized carbons (Fsp3) is 0.545. The van der Waals surface area contributed by atoms with E-state index in [1.165, 1.54) is 12.8 Å². The van der Waals surface area contributed by atoms with Crippen LogP contribution in [0.4, 0.5) is 0 Å². The van der Waals surface area contributed by atoms with Crippen molar-refractivity contribution >= 4 is 16.0 Å². The number of likely N-dealkylation sites (tertiary alicyclic amines) is 1. The highest BCUT2D eigenvalue weighted by atomic mass is 32.2. The molecule has 0 aliphatic carbocycles. The molecule has 0 spiro atoms. The number of carbonyl (C=O) groups excluding carboxylic acids is 1. The Kier molecular flexibility index (Phi) is 9.67. The Morgan fingerprint density at radius 3 is 2.32 bits per heavy atom. The Bertz CT molecular complexity index is 882. The second-order valence-electron chi connectivity index (χ2n) is 7.94. The zero-order valence-electron chi connectivity index (χ0n) is 18.2. The fourth-order valence-electron chi connectivity index (χ4n) is 3.70. The number of amides is 1. The number of hydrogen-bond acceptors (Lipinski definition) is 5. The van der Waals surface area contributed by atoms with Crippen molar-refractivity contribution in [1.29, 1.82) is 0 Å². The van der Waals surface area contributed by atoms with E-state index in [0.29, 0.717) is 12.2 Å². The maximum Gasteiger partial charge on any atom is 0.261 e. The number of carbonyl (C=O) groups is 1. The van der Waals surface area contributed by atoms with Crippen LogP contribution in [0.25, 0.3) is 5.69 Å². The summed E-state index contributed by atoms with van der Waals surface area (Å²) in [7, 11) is -3.67. The largest absolute Gasteiger partial charge is 0.393 e. The van der Waals surface area contributed by atoms with Crippen LogP contribution in [0.1, 0.15) is 55.8 Å². The summed E-state index contributed by atoms with van der Waals surface area (Å²) in [5, 5.41) is 10.4. The normalized spacial score (nSPS) is 15.8. The molecule has 8 nitrogen and oxygen atoms in total. The molecule has 1 saturated heterocycles. The van der Waals surface area contributed by atoms with Crippen LogP contribution in [0.5, 0.6) is 0 Å². The minimum absolute atomic E-state index is 0.0844. The van der Waals surface area contributed by atoms with Crippen molar-refractivity contribution in [2.24, 2.45) is 5.92 Å². The highest BCUT2D eigenvalue weighted by Crippen LogP contribution is 2.25. The molecule has 1 aliphatic heterocycles. The Labute approximate surface area is 184 Å². The molecule has 1 unspecified atom stereocenters. The topological polar surface area (TPSA) is 113 Å². The van der Waals surface area contributed by atoms with Crippen LogP contribution in [0.15, 0.2) is 43.0 Å². The molecule has 172 valence electrons. The predicted octanol–water partition coefficient (Wildman–Crippen LogP) is 3.17. The monoisotopic (exact) mass is 451 g/mol. The van der Waals surface area contributed by atoms with Crippen molar-refractivity contribution in [1.82, 2.24) is 14.5 Å². The van der Waals surface area contributed by atoms with Gasteiger partial charge in [-0.1, -0.05) is 26.2 Å². The van der Waals surface area contributed by atoms with Gasteiger partial charge in [-0.3, -0.25) is 9.35 Å². The second-order valence-corrected chi connectivity index (χ2v) is 9.41. The summed E-state index contributed by atoms with van der Waals surface area (Å²) in [6, 6.07) is 7.64. The number of aromatic nitrogens is 2. The van der Waals surface area contributed by atoms with Gasteiger partial charge in [0.25, 0.3) is 16.0 Å². The van der Waals surface area contributed by atoms with Gasteiger partial charge >= 0.3 is 0 Å². The van der Waals surface area contributed by atoms with Crippen LogP contribution in [-0.4, -0.2) is 63.9 Å². The van der Waals surface area contributed by atoms with Gasteiger partial charge in [-0.2, -0.15) is 8.42 Å². The zero-order valence-corrected chi connectivity index (χ0v) is 19.0. The highest BCUT2D eigenvalue weighted by molar-refractivity contribution is 7.85. The van der Waals surface area contributed by atoms with Gasteiger partial charge in [0.05, 0.1) is 18.7 Å². The van der Waals surface area contributed by atoms with Gasteiger partial charge in [-0.15, -0.1) is 0 Å². The summed E-state index contributed by atoms with van der Waals surface area (Å²) >= 11 is 0. The third-order valence-electron chi connectivity index (χ3n) is 5.39. The minimum atomic E-state index is -3.67. The summed E-state index contributed by atoms with van der Waals surface area (Å²) < 4.78 is 27.8. The predicted molar refractivity (Wildman–Crippen MR) is 120 cm³/mol. The molecule has 1 amide bonds. The van der Waals surface area contributed by atoms with Crippen LogP contribution in [0.3, 0.4) is 0 Å². The molecule has 1 aromatic heterocycles. The molecular formula is C22H33N3O5S. The number of nitrogens with zero attached hydrogens (tertiary/aromatic N) is 3. The average molecular weight is 452 g/mol. The molecule has 1 fully saturated rings. The SMILES string of the molecule is CCCCCC(O)C1CCN(C(=O)c2ccc(-n3ccnc3)cc2)CC1.CS(=O)(=O)O. The van der Waals surface area contributed by atoms with E-state index in [1.54, 1.807) is 12.5 Å². The van der Waals surface area contributed by atoms with E-state index in [1.807, 2.05) is 39.9 Å². The van der Waals surface area contributed by atoms with Crippen LogP contribution in [0.2, 0.25) is 0 Å². The van der Waals surface area contributed by atoms with Gasteiger partial charge in [-0.05, 0) is 49.4 Å². The van der Waals surface area contributed by atoms with E-state index in [4.69, 9.17) is 4.55 Å². The molecule has 1 atom stereocenters. The molecule has 9 heteroatoms.